The highest BCUT2D eigenvalue weighted by molar-refractivity contribution is 6.32. The minimum Gasteiger partial charge on any atom is -0.492 e. The topological polar surface area (TPSA) is 55.6 Å². The Labute approximate surface area is 144 Å². The van der Waals surface area contributed by atoms with Crippen molar-refractivity contribution in [3.8, 4) is 5.75 Å². The summed E-state index contributed by atoms with van der Waals surface area (Å²) in [5, 5.41) is 0.589. The van der Waals surface area contributed by atoms with Crippen molar-refractivity contribution in [2.45, 2.75) is 26.7 Å². The lowest BCUT2D eigenvalue weighted by atomic mass is 9.93. The highest BCUT2D eigenvalue weighted by Gasteiger charge is 2.20. The molecular formula is C16H26Cl2N2O2. The molecule has 6 heteroatoms. The van der Waals surface area contributed by atoms with Crippen molar-refractivity contribution in [3.63, 3.8) is 0 Å². The Morgan fingerprint density at radius 2 is 2.00 bits per heavy atom. The molecule has 1 aromatic rings. The molecule has 0 aliphatic rings. The number of hydrogen-bond acceptors (Lipinski definition) is 3. The largest absolute Gasteiger partial charge is 0.492 e. The van der Waals surface area contributed by atoms with Crippen LogP contribution < -0.4 is 10.5 Å². The number of carbonyl (C=O) groups excluding carboxylic acids is 1. The van der Waals surface area contributed by atoms with E-state index in [0.29, 0.717) is 43.3 Å². The van der Waals surface area contributed by atoms with E-state index in [1.807, 2.05) is 25.2 Å². The van der Waals surface area contributed by atoms with Crippen molar-refractivity contribution in [1.29, 1.82) is 0 Å². The fourth-order valence-corrected chi connectivity index (χ4v) is 2.14. The van der Waals surface area contributed by atoms with Crippen LogP contribution in [-0.2, 0) is 4.79 Å². The second-order valence-corrected chi connectivity index (χ2v) is 6.41. The third kappa shape index (κ3) is 7.34. The predicted molar refractivity (Wildman–Crippen MR) is 93.9 cm³/mol. The molecule has 0 saturated heterocycles. The number of para-hydroxylation sites is 1. The molecule has 126 valence electrons. The molecule has 0 atom stereocenters. The zero-order valence-corrected chi connectivity index (χ0v) is 15.0. The second-order valence-electron chi connectivity index (χ2n) is 6.00. The Hall–Kier alpha value is -0.970. The van der Waals surface area contributed by atoms with Crippen LogP contribution in [0.5, 0.6) is 5.75 Å². The van der Waals surface area contributed by atoms with Crippen molar-refractivity contribution in [1.82, 2.24) is 4.90 Å². The molecule has 0 fully saturated rings. The van der Waals surface area contributed by atoms with Crippen molar-refractivity contribution in [2.24, 2.45) is 11.1 Å². The first-order chi connectivity index (χ1) is 9.85. The number of nitrogens with zero attached hydrogens (tertiary/aromatic N) is 1. The Bertz CT molecular complexity index is 467. The summed E-state index contributed by atoms with van der Waals surface area (Å²) in [6, 6.07) is 7.33. The molecule has 2 N–H and O–H groups in total. The van der Waals surface area contributed by atoms with Gasteiger partial charge in [-0.3, -0.25) is 4.79 Å². The van der Waals surface area contributed by atoms with Gasteiger partial charge in [-0.25, -0.2) is 0 Å². The maximum absolute atomic E-state index is 12.0. The molecule has 0 heterocycles. The number of hydrogen-bond donors (Lipinski definition) is 1. The molecule has 0 aromatic heterocycles. The maximum atomic E-state index is 12.0. The van der Waals surface area contributed by atoms with Gasteiger partial charge < -0.3 is 15.4 Å². The van der Waals surface area contributed by atoms with Crippen LogP contribution in [0, 0.1) is 5.41 Å². The minimum atomic E-state index is -0.0571. The van der Waals surface area contributed by atoms with Crippen molar-refractivity contribution < 1.29 is 9.53 Å². The number of nitrogens with two attached hydrogens (primary N) is 1. The zero-order chi connectivity index (χ0) is 15.9. The SMILES string of the molecule is CN(CC(C)(C)CN)C(=O)CCCOc1ccccc1Cl.Cl. The predicted octanol–water partition coefficient (Wildman–Crippen LogP) is 3.36. The van der Waals surface area contributed by atoms with Crippen LogP contribution in [0.4, 0.5) is 0 Å². The fourth-order valence-electron chi connectivity index (χ4n) is 1.95. The number of rotatable bonds is 8. The zero-order valence-electron chi connectivity index (χ0n) is 13.5. The molecule has 1 rings (SSSR count). The standard InChI is InChI=1S/C16H25ClN2O2.ClH/c1-16(2,11-18)12-19(3)15(20)9-6-10-21-14-8-5-4-7-13(14)17;/h4-5,7-8H,6,9-12,18H2,1-3H3;1H. The average Bonchev–Trinajstić information content (AvgIpc) is 2.44. The highest BCUT2D eigenvalue weighted by atomic mass is 35.5. The molecule has 0 bridgehead atoms. The molecule has 0 saturated carbocycles. The van der Waals surface area contributed by atoms with Gasteiger partial charge in [-0.1, -0.05) is 37.6 Å². The van der Waals surface area contributed by atoms with Crippen LogP contribution in [0.25, 0.3) is 0 Å². The van der Waals surface area contributed by atoms with Crippen molar-refractivity contribution in [3.05, 3.63) is 29.3 Å². The first-order valence-corrected chi connectivity index (χ1v) is 7.55. The lowest BCUT2D eigenvalue weighted by Gasteiger charge is -2.29. The van der Waals surface area contributed by atoms with Gasteiger partial charge in [0, 0.05) is 20.0 Å². The number of amides is 1. The number of carbonyl (C=O) groups is 1. The van der Waals surface area contributed by atoms with Crippen LogP contribution >= 0.6 is 24.0 Å². The van der Waals surface area contributed by atoms with E-state index >= 15 is 0 Å². The summed E-state index contributed by atoms with van der Waals surface area (Å²) in [4.78, 5) is 13.8. The van der Waals surface area contributed by atoms with E-state index in [4.69, 9.17) is 22.1 Å². The van der Waals surface area contributed by atoms with Gasteiger partial charge in [-0.2, -0.15) is 0 Å². The lowest BCUT2D eigenvalue weighted by Crippen LogP contribution is -2.39. The first kappa shape index (κ1) is 21.0. The summed E-state index contributed by atoms with van der Waals surface area (Å²) in [7, 11) is 1.81. The molecule has 1 amide bonds. The minimum absolute atomic E-state index is 0. The molecule has 0 aliphatic heterocycles. The molecular weight excluding hydrogens is 323 g/mol. The van der Waals surface area contributed by atoms with Crippen molar-refractivity contribution in [2.75, 3.05) is 26.7 Å². The third-order valence-electron chi connectivity index (χ3n) is 3.27. The van der Waals surface area contributed by atoms with Crippen molar-refractivity contribution >= 4 is 29.9 Å². The normalized spacial score (nSPS) is 10.8. The first-order valence-electron chi connectivity index (χ1n) is 7.17. The number of ether oxygens (including phenoxy) is 1. The maximum Gasteiger partial charge on any atom is 0.222 e. The van der Waals surface area contributed by atoms with Crippen LogP contribution in [0.1, 0.15) is 26.7 Å². The van der Waals surface area contributed by atoms with E-state index in [1.165, 1.54) is 0 Å². The molecule has 4 nitrogen and oxygen atoms in total. The second kappa shape index (κ2) is 9.93. The van der Waals surface area contributed by atoms with E-state index in [2.05, 4.69) is 13.8 Å². The number of benzene rings is 1. The summed E-state index contributed by atoms with van der Waals surface area (Å²) >= 11 is 5.99. The van der Waals surface area contributed by atoms with Crippen LogP contribution in [0.2, 0.25) is 5.02 Å². The Kier molecular flexibility index (Phi) is 9.49. The number of halogens is 2. The Balaban J connectivity index is 0.00000441. The Morgan fingerprint density at radius 3 is 2.59 bits per heavy atom. The molecule has 0 unspecified atom stereocenters. The van der Waals surface area contributed by atoms with E-state index < -0.39 is 0 Å². The summed E-state index contributed by atoms with van der Waals surface area (Å²) in [5.74, 6) is 0.767. The summed E-state index contributed by atoms with van der Waals surface area (Å²) in [6.45, 7) is 5.80. The Morgan fingerprint density at radius 1 is 1.36 bits per heavy atom. The highest BCUT2D eigenvalue weighted by Crippen LogP contribution is 2.23. The fraction of sp³-hybridized carbons (Fsp3) is 0.562. The van der Waals surface area contributed by atoms with Gasteiger partial charge in [0.1, 0.15) is 5.75 Å². The summed E-state index contributed by atoms with van der Waals surface area (Å²) in [5.41, 5.74) is 5.63. The van der Waals surface area contributed by atoms with Crippen LogP contribution in [0.3, 0.4) is 0 Å². The van der Waals surface area contributed by atoms with Crippen LogP contribution in [0.15, 0.2) is 24.3 Å². The van der Waals surface area contributed by atoms with E-state index in [9.17, 15) is 4.79 Å². The molecule has 0 spiro atoms. The van der Waals surface area contributed by atoms with Crippen LogP contribution in [-0.4, -0.2) is 37.6 Å². The molecule has 0 aliphatic carbocycles. The van der Waals surface area contributed by atoms with E-state index in [-0.39, 0.29) is 23.7 Å². The summed E-state index contributed by atoms with van der Waals surface area (Å²) < 4.78 is 5.57. The van der Waals surface area contributed by atoms with Gasteiger partial charge >= 0.3 is 0 Å². The third-order valence-corrected chi connectivity index (χ3v) is 3.58. The van der Waals surface area contributed by atoms with E-state index in [0.717, 1.165) is 0 Å². The molecule has 0 radical (unpaired) electrons. The van der Waals surface area contributed by atoms with Gasteiger partial charge in [-0.15, -0.1) is 12.4 Å². The summed E-state index contributed by atoms with van der Waals surface area (Å²) in [6.07, 6.45) is 1.12. The monoisotopic (exact) mass is 348 g/mol. The molecule has 1 aromatic carbocycles. The van der Waals surface area contributed by atoms with Gasteiger partial charge in [0.15, 0.2) is 0 Å². The van der Waals surface area contributed by atoms with Gasteiger partial charge in [-0.05, 0) is 30.5 Å². The van der Waals surface area contributed by atoms with Gasteiger partial charge in [0.05, 0.1) is 11.6 Å². The quantitative estimate of drug-likeness (QED) is 0.732. The van der Waals surface area contributed by atoms with Gasteiger partial charge in [0.2, 0.25) is 5.91 Å². The lowest BCUT2D eigenvalue weighted by molar-refractivity contribution is -0.131. The smallest absolute Gasteiger partial charge is 0.222 e. The average molecular weight is 349 g/mol. The van der Waals surface area contributed by atoms with Gasteiger partial charge in [0.25, 0.3) is 0 Å². The van der Waals surface area contributed by atoms with E-state index in [1.54, 1.807) is 11.0 Å². The molecule has 22 heavy (non-hydrogen) atoms.